The van der Waals surface area contributed by atoms with E-state index in [1.807, 2.05) is 39.8 Å². The van der Waals surface area contributed by atoms with Crippen molar-refractivity contribution in [3.8, 4) is 0 Å². The monoisotopic (exact) mass is 360 g/mol. The Morgan fingerprint density at radius 2 is 1.56 bits per heavy atom. The third kappa shape index (κ3) is 4.82. The van der Waals surface area contributed by atoms with Crippen molar-refractivity contribution in [2.75, 3.05) is 10.8 Å². The maximum atomic E-state index is 13.1. The van der Waals surface area contributed by atoms with Crippen molar-refractivity contribution >= 4 is 21.6 Å². The standard InChI is InChI=1S/C19H24N2O3S/c1-15-10-8-9-13-17(15)21(14-18(22)20-19(2,3)4)25(23,24)16-11-6-5-7-12-16/h5-13H,14H2,1-4H3,(H,20,22). The van der Waals surface area contributed by atoms with Crippen molar-refractivity contribution in [3.63, 3.8) is 0 Å². The first-order valence-corrected chi connectivity index (χ1v) is 9.50. The molecule has 25 heavy (non-hydrogen) atoms. The van der Waals surface area contributed by atoms with Gasteiger partial charge in [0.1, 0.15) is 6.54 Å². The molecule has 0 atom stereocenters. The highest BCUT2D eigenvalue weighted by Gasteiger charge is 2.29. The number of nitrogens with zero attached hydrogens (tertiary/aromatic N) is 1. The van der Waals surface area contributed by atoms with E-state index in [4.69, 9.17) is 0 Å². The molecule has 2 aromatic carbocycles. The second-order valence-electron chi connectivity index (χ2n) is 6.91. The maximum Gasteiger partial charge on any atom is 0.264 e. The van der Waals surface area contributed by atoms with Gasteiger partial charge in [-0.1, -0.05) is 36.4 Å². The topological polar surface area (TPSA) is 66.5 Å². The molecule has 0 aliphatic rings. The highest BCUT2D eigenvalue weighted by Crippen LogP contribution is 2.26. The number of rotatable bonds is 5. The molecule has 0 aliphatic carbocycles. The van der Waals surface area contributed by atoms with E-state index in [0.29, 0.717) is 5.69 Å². The van der Waals surface area contributed by atoms with E-state index in [1.165, 1.54) is 16.4 Å². The van der Waals surface area contributed by atoms with Crippen molar-refractivity contribution < 1.29 is 13.2 Å². The van der Waals surface area contributed by atoms with E-state index in [0.717, 1.165) is 5.56 Å². The first-order chi connectivity index (χ1) is 11.6. The van der Waals surface area contributed by atoms with Crippen LogP contribution in [0.1, 0.15) is 26.3 Å². The summed E-state index contributed by atoms with van der Waals surface area (Å²) in [5, 5.41) is 2.82. The van der Waals surface area contributed by atoms with Crippen LogP contribution in [-0.2, 0) is 14.8 Å². The summed E-state index contributed by atoms with van der Waals surface area (Å²) >= 11 is 0. The van der Waals surface area contributed by atoms with Crippen LogP contribution in [0.5, 0.6) is 0 Å². The van der Waals surface area contributed by atoms with Gasteiger partial charge >= 0.3 is 0 Å². The molecule has 0 saturated carbocycles. The second kappa shape index (κ2) is 7.27. The van der Waals surface area contributed by atoms with Crippen LogP contribution in [0.4, 0.5) is 5.69 Å². The minimum absolute atomic E-state index is 0.154. The maximum absolute atomic E-state index is 13.1. The smallest absolute Gasteiger partial charge is 0.264 e. The number of anilines is 1. The fraction of sp³-hybridized carbons (Fsp3) is 0.316. The van der Waals surface area contributed by atoms with Gasteiger partial charge in [0.2, 0.25) is 5.91 Å². The van der Waals surface area contributed by atoms with Crippen LogP contribution in [0.3, 0.4) is 0 Å². The Labute approximate surface area is 149 Å². The number of benzene rings is 2. The first-order valence-electron chi connectivity index (χ1n) is 8.06. The number of amides is 1. The number of hydrogen-bond acceptors (Lipinski definition) is 3. The molecule has 6 heteroatoms. The Balaban J connectivity index is 2.47. The van der Waals surface area contributed by atoms with Gasteiger partial charge in [-0.25, -0.2) is 8.42 Å². The van der Waals surface area contributed by atoms with Gasteiger partial charge in [-0.15, -0.1) is 0 Å². The van der Waals surface area contributed by atoms with Crippen LogP contribution < -0.4 is 9.62 Å². The molecule has 0 aromatic heterocycles. The Bertz CT molecular complexity index is 840. The lowest BCUT2D eigenvalue weighted by Gasteiger charge is -2.28. The number of para-hydroxylation sites is 1. The Morgan fingerprint density at radius 1 is 1.00 bits per heavy atom. The van der Waals surface area contributed by atoms with Crippen molar-refractivity contribution in [1.82, 2.24) is 5.32 Å². The highest BCUT2D eigenvalue weighted by molar-refractivity contribution is 7.92. The average Bonchev–Trinajstić information content (AvgIpc) is 2.52. The molecule has 0 radical (unpaired) electrons. The number of carbonyl (C=O) groups excluding carboxylic acids is 1. The summed E-state index contributed by atoms with van der Waals surface area (Å²) in [7, 11) is -3.85. The third-order valence-corrected chi connectivity index (χ3v) is 5.29. The van der Waals surface area contributed by atoms with Crippen LogP contribution in [0.25, 0.3) is 0 Å². The van der Waals surface area contributed by atoms with Gasteiger partial charge in [0.05, 0.1) is 10.6 Å². The van der Waals surface area contributed by atoms with E-state index in [9.17, 15) is 13.2 Å². The van der Waals surface area contributed by atoms with Gasteiger partial charge in [0.15, 0.2) is 0 Å². The number of sulfonamides is 1. The van der Waals surface area contributed by atoms with Gasteiger partial charge in [-0.3, -0.25) is 9.10 Å². The first kappa shape index (κ1) is 19.0. The molecule has 1 N–H and O–H groups in total. The normalized spacial score (nSPS) is 11.8. The van der Waals surface area contributed by atoms with Crippen LogP contribution in [0, 0.1) is 6.92 Å². The van der Waals surface area contributed by atoms with Crippen molar-refractivity contribution in [2.24, 2.45) is 0 Å². The third-order valence-electron chi connectivity index (χ3n) is 3.52. The summed E-state index contributed by atoms with van der Waals surface area (Å²) in [4.78, 5) is 12.6. The average molecular weight is 360 g/mol. The van der Waals surface area contributed by atoms with E-state index < -0.39 is 15.6 Å². The van der Waals surface area contributed by atoms with Gasteiger partial charge in [0, 0.05) is 5.54 Å². The largest absolute Gasteiger partial charge is 0.350 e. The lowest BCUT2D eigenvalue weighted by atomic mass is 10.1. The molecule has 0 saturated heterocycles. The molecule has 134 valence electrons. The second-order valence-corrected chi connectivity index (χ2v) is 8.77. The van der Waals surface area contributed by atoms with Crippen molar-refractivity contribution in [3.05, 3.63) is 60.2 Å². The van der Waals surface area contributed by atoms with Crippen LogP contribution in [-0.4, -0.2) is 26.4 Å². The zero-order valence-corrected chi connectivity index (χ0v) is 15.8. The zero-order valence-electron chi connectivity index (χ0n) is 15.0. The van der Waals surface area contributed by atoms with Crippen LogP contribution in [0.2, 0.25) is 0 Å². The fourth-order valence-corrected chi connectivity index (χ4v) is 3.96. The van der Waals surface area contributed by atoms with Crippen LogP contribution in [0.15, 0.2) is 59.5 Å². The summed E-state index contributed by atoms with van der Waals surface area (Å²) in [6, 6.07) is 15.3. The summed E-state index contributed by atoms with van der Waals surface area (Å²) in [6.07, 6.45) is 0. The number of aryl methyl sites for hydroxylation is 1. The van der Waals surface area contributed by atoms with E-state index >= 15 is 0 Å². The molecule has 0 spiro atoms. The van der Waals surface area contributed by atoms with E-state index in [-0.39, 0.29) is 17.3 Å². The minimum Gasteiger partial charge on any atom is -0.350 e. The van der Waals surface area contributed by atoms with Gasteiger partial charge in [0.25, 0.3) is 10.0 Å². The number of carbonyl (C=O) groups is 1. The lowest BCUT2D eigenvalue weighted by molar-refractivity contribution is -0.121. The molecule has 2 rings (SSSR count). The predicted octanol–water partition coefficient (Wildman–Crippen LogP) is 3.11. The Morgan fingerprint density at radius 3 is 2.12 bits per heavy atom. The van der Waals surface area contributed by atoms with E-state index in [2.05, 4.69) is 5.32 Å². The molecular weight excluding hydrogens is 336 g/mol. The molecule has 5 nitrogen and oxygen atoms in total. The van der Waals surface area contributed by atoms with Crippen molar-refractivity contribution in [2.45, 2.75) is 38.1 Å². The zero-order chi connectivity index (χ0) is 18.7. The highest BCUT2D eigenvalue weighted by atomic mass is 32.2. The lowest BCUT2D eigenvalue weighted by Crippen LogP contribution is -2.47. The Kier molecular flexibility index (Phi) is 5.52. The molecule has 1 amide bonds. The fourth-order valence-electron chi connectivity index (χ4n) is 2.45. The Hall–Kier alpha value is -2.34. The van der Waals surface area contributed by atoms with Gasteiger partial charge < -0.3 is 5.32 Å². The summed E-state index contributed by atoms with van der Waals surface area (Å²) < 4.78 is 27.4. The minimum atomic E-state index is -3.85. The number of nitrogens with one attached hydrogen (secondary N) is 1. The molecule has 0 aliphatic heterocycles. The van der Waals surface area contributed by atoms with Crippen LogP contribution >= 0.6 is 0 Å². The molecule has 0 bridgehead atoms. The van der Waals surface area contributed by atoms with Gasteiger partial charge in [-0.2, -0.15) is 0 Å². The van der Waals surface area contributed by atoms with Crippen molar-refractivity contribution in [1.29, 1.82) is 0 Å². The SMILES string of the molecule is Cc1ccccc1N(CC(=O)NC(C)(C)C)S(=O)(=O)c1ccccc1. The predicted molar refractivity (Wildman–Crippen MR) is 100 cm³/mol. The quantitative estimate of drug-likeness (QED) is 0.891. The van der Waals surface area contributed by atoms with Gasteiger partial charge in [-0.05, 0) is 51.5 Å². The van der Waals surface area contributed by atoms with E-state index in [1.54, 1.807) is 30.3 Å². The molecule has 0 unspecified atom stereocenters. The summed E-state index contributed by atoms with van der Waals surface area (Å²) in [6.45, 7) is 7.11. The molecular formula is C19H24N2O3S. The number of hydrogen-bond donors (Lipinski definition) is 1. The molecule has 2 aromatic rings. The molecule has 0 heterocycles. The molecule has 0 fully saturated rings. The summed E-state index contributed by atoms with van der Waals surface area (Å²) in [5.74, 6) is -0.352. The summed E-state index contributed by atoms with van der Waals surface area (Å²) in [5.41, 5.74) is 0.839.